The molecule has 0 aliphatic carbocycles. The Balaban J connectivity index is 2.10. The molecule has 1 fully saturated rings. The molecule has 2 rings (SSSR count). The van der Waals surface area contributed by atoms with E-state index in [0.717, 1.165) is 49.6 Å². The molecule has 1 aliphatic heterocycles. The number of nitrogens with zero attached hydrogens (tertiary/aromatic N) is 2. The molecular formula is C13H21N3O. The van der Waals surface area contributed by atoms with E-state index in [9.17, 15) is 0 Å². The monoisotopic (exact) mass is 235 g/mol. The smallest absolute Gasteiger partial charge is 0.151 e. The number of nitrogens with two attached hydrogens (primary N) is 1. The number of hydrogen-bond donors (Lipinski definition) is 1. The summed E-state index contributed by atoms with van der Waals surface area (Å²) in [7, 11) is 0. The first-order valence-corrected chi connectivity index (χ1v) is 6.29. The lowest BCUT2D eigenvalue weighted by molar-refractivity contribution is 0.0525. The highest BCUT2D eigenvalue weighted by atomic mass is 16.5. The molecule has 94 valence electrons. The Labute approximate surface area is 103 Å². The van der Waals surface area contributed by atoms with E-state index in [0.29, 0.717) is 6.10 Å². The minimum atomic E-state index is 0.316. The molecule has 1 aliphatic rings. The van der Waals surface area contributed by atoms with Gasteiger partial charge >= 0.3 is 0 Å². The molecule has 0 amide bonds. The molecule has 1 aromatic heterocycles. The summed E-state index contributed by atoms with van der Waals surface area (Å²) in [5, 5.41) is 0. The Hall–Kier alpha value is -1.29. The fraction of sp³-hybridized carbons (Fsp3) is 0.615. The number of aryl methyl sites for hydroxylation is 1. The lowest BCUT2D eigenvalue weighted by Gasteiger charge is -2.33. The van der Waals surface area contributed by atoms with E-state index < -0.39 is 0 Å². The van der Waals surface area contributed by atoms with Crippen molar-refractivity contribution in [2.45, 2.75) is 32.8 Å². The molecule has 4 nitrogen and oxygen atoms in total. The van der Waals surface area contributed by atoms with Crippen LogP contribution in [0.5, 0.6) is 0 Å². The average molecular weight is 235 g/mol. The van der Waals surface area contributed by atoms with Gasteiger partial charge in [-0.05, 0) is 38.3 Å². The minimum absolute atomic E-state index is 0.316. The fourth-order valence-corrected chi connectivity index (χ4v) is 2.35. The second-order valence-electron chi connectivity index (χ2n) is 4.59. The Bertz CT molecular complexity index is 379. The second kappa shape index (κ2) is 5.36. The van der Waals surface area contributed by atoms with Crippen LogP contribution in [0.3, 0.4) is 0 Å². The number of anilines is 2. The third kappa shape index (κ3) is 2.88. The standard InChI is InChI=1S/C13H21N3O/c1-3-17-11-5-4-6-16(9-11)13-12(14)7-10(2)8-15-13/h7-8,11H,3-6,9,14H2,1-2H3. The van der Waals surface area contributed by atoms with Crippen LogP contribution in [0.25, 0.3) is 0 Å². The zero-order valence-electron chi connectivity index (χ0n) is 10.6. The van der Waals surface area contributed by atoms with Crippen molar-refractivity contribution < 1.29 is 4.74 Å². The normalized spacial score (nSPS) is 20.6. The molecule has 4 heteroatoms. The summed E-state index contributed by atoms with van der Waals surface area (Å²) in [6.07, 6.45) is 4.46. The minimum Gasteiger partial charge on any atom is -0.396 e. The Morgan fingerprint density at radius 2 is 2.41 bits per heavy atom. The van der Waals surface area contributed by atoms with Crippen molar-refractivity contribution in [3.05, 3.63) is 17.8 Å². The molecule has 1 aromatic rings. The average Bonchev–Trinajstić information content (AvgIpc) is 2.29. The van der Waals surface area contributed by atoms with Gasteiger partial charge < -0.3 is 15.4 Å². The van der Waals surface area contributed by atoms with Crippen LogP contribution in [-0.2, 0) is 4.74 Å². The highest BCUT2D eigenvalue weighted by Crippen LogP contribution is 2.25. The van der Waals surface area contributed by atoms with E-state index >= 15 is 0 Å². The van der Waals surface area contributed by atoms with Crippen LogP contribution < -0.4 is 10.6 Å². The number of ether oxygens (including phenoxy) is 1. The van der Waals surface area contributed by atoms with Gasteiger partial charge in [-0.1, -0.05) is 0 Å². The van der Waals surface area contributed by atoms with E-state index in [1.165, 1.54) is 0 Å². The van der Waals surface area contributed by atoms with E-state index in [-0.39, 0.29) is 0 Å². The van der Waals surface area contributed by atoms with Crippen LogP contribution in [-0.4, -0.2) is 30.8 Å². The number of pyridine rings is 1. The summed E-state index contributed by atoms with van der Waals surface area (Å²) in [6, 6.07) is 1.98. The highest BCUT2D eigenvalue weighted by Gasteiger charge is 2.22. The largest absolute Gasteiger partial charge is 0.396 e. The molecule has 2 N–H and O–H groups in total. The highest BCUT2D eigenvalue weighted by molar-refractivity contribution is 5.63. The molecule has 0 radical (unpaired) electrons. The second-order valence-corrected chi connectivity index (χ2v) is 4.59. The Kier molecular flexibility index (Phi) is 3.84. The molecule has 0 spiro atoms. The van der Waals surface area contributed by atoms with Gasteiger partial charge in [-0.25, -0.2) is 4.98 Å². The van der Waals surface area contributed by atoms with E-state index in [4.69, 9.17) is 10.5 Å². The number of hydrogen-bond acceptors (Lipinski definition) is 4. The van der Waals surface area contributed by atoms with Crippen LogP contribution in [0.2, 0.25) is 0 Å². The predicted molar refractivity (Wildman–Crippen MR) is 70.2 cm³/mol. The number of piperidine rings is 1. The summed E-state index contributed by atoms with van der Waals surface area (Å²) >= 11 is 0. The maximum atomic E-state index is 6.03. The Morgan fingerprint density at radius 3 is 3.12 bits per heavy atom. The molecule has 1 atom stereocenters. The third-order valence-corrected chi connectivity index (χ3v) is 3.11. The predicted octanol–water partition coefficient (Wildman–Crippen LogP) is 1.98. The van der Waals surface area contributed by atoms with Crippen molar-refractivity contribution in [1.82, 2.24) is 4.98 Å². The maximum absolute atomic E-state index is 6.03. The van der Waals surface area contributed by atoms with E-state index in [1.54, 1.807) is 0 Å². The molecule has 17 heavy (non-hydrogen) atoms. The lowest BCUT2D eigenvalue weighted by atomic mass is 10.1. The SMILES string of the molecule is CCOC1CCCN(c2ncc(C)cc2N)C1. The molecule has 0 bridgehead atoms. The Morgan fingerprint density at radius 1 is 1.59 bits per heavy atom. The van der Waals surface area contributed by atoms with E-state index in [1.807, 2.05) is 26.1 Å². The maximum Gasteiger partial charge on any atom is 0.151 e. The van der Waals surface area contributed by atoms with Crippen LogP contribution in [0.1, 0.15) is 25.3 Å². The summed E-state index contributed by atoms with van der Waals surface area (Å²) < 4.78 is 5.69. The van der Waals surface area contributed by atoms with Gasteiger partial charge in [0.25, 0.3) is 0 Å². The topological polar surface area (TPSA) is 51.4 Å². The van der Waals surface area contributed by atoms with Gasteiger partial charge in [0.1, 0.15) is 0 Å². The van der Waals surface area contributed by atoms with Gasteiger partial charge in [-0.15, -0.1) is 0 Å². The van der Waals surface area contributed by atoms with Crippen LogP contribution in [0, 0.1) is 6.92 Å². The number of rotatable bonds is 3. The first kappa shape index (κ1) is 12.2. The molecule has 0 aromatic carbocycles. The van der Waals surface area contributed by atoms with Crippen molar-refractivity contribution >= 4 is 11.5 Å². The van der Waals surface area contributed by atoms with Gasteiger partial charge in [0, 0.05) is 25.9 Å². The zero-order chi connectivity index (χ0) is 12.3. The summed E-state index contributed by atoms with van der Waals surface area (Å²) in [6.45, 7) is 6.73. The van der Waals surface area contributed by atoms with Crippen LogP contribution in [0.4, 0.5) is 11.5 Å². The van der Waals surface area contributed by atoms with Gasteiger partial charge in [-0.3, -0.25) is 0 Å². The van der Waals surface area contributed by atoms with Gasteiger partial charge in [0.2, 0.25) is 0 Å². The summed E-state index contributed by atoms with van der Waals surface area (Å²) in [5.74, 6) is 0.903. The molecule has 1 unspecified atom stereocenters. The van der Waals surface area contributed by atoms with Gasteiger partial charge in [0.05, 0.1) is 11.8 Å². The molecule has 1 saturated heterocycles. The molecule has 0 saturated carbocycles. The van der Waals surface area contributed by atoms with Crippen molar-refractivity contribution in [1.29, 1.82) is 0 Å². The zero-order valence-corrected chi connectivity index (χ0v) is 10.6. The first-order chi connectivity index (χ1) is 8.20. The molecular weight excluding hydrogens is 214 g/mol. The molecule has 2 heterocycles. The first-order valence-electron chi connectivity index (χ1n) is 6.29. The van der Waals surface area contributed by atoms with E-state index in [2.05, 4.69) is 9.88 Å². The van der Waals surface area contributed by atoms with Gasteiger partial charge in [-0.2, -0.15) is 0 Å². The van der Waals surface area contributed by atoms with Crippen molar-refractivity contribution in [3.8, 4) is 0 Å². The number of nitrogen functional groups attached to an aromatic ring is 1. The van der Waals surface area contributed by atoms with Gasteiger partial charge in [0.15, 0.2) is 5.82 Å². The van der Waals surface area contributed by atoms with Crippen molar-refractivity contribution in [3.63, 3.8) is 0 Å². The fourth-order valence-electron chi connectivity index (χ4n) is 2.35. The summed E-state index contributed by atoms with van der Waals surface area (Å²) in [5.41, 5.74) is 7.89. The quantitative estimate of drug-likeness (QED) is 0.870. The van der Waals surface area contributed by atoms with Crippen molar-refractivity contribution in [2.24, 2.45) is 0 Å². The van der Waals surface area contributed by atoms with Crippen LogP contribution in [0.15, 0.2) is 12.3 Å². The summed E-state index contributed by atoms with van der Waals surface area (Å²) in [4.78, 5) is 6.68. The lowest BCUT2D eigenvalue weighted by Crippen LogP contribution is -2.40. The third-order valence-electron chi connectivity index (χ3n) is 3.11. The van der Waals surface area contributed by atoms with Crippen molar-refractivity contribution in [2.75, 3.05) is 30.3 Å². The number of aromatic nitrogens is 1. The van der Waals surface area contributed by atoms with Crippen LogP contribution >= 0.6 is 0 Å².